The molecule has 0 aliphatic carbocycles. The van der Waals surface area contributed by atoms with Gasteiger partial charge in [0, 0.05) is 0 Å². The second-order valence-corrected chi connectivity index (χ2v) is 7.29. The summed E-state index contributed by atoms with van der Waals surface area (Å²) in [5, 5.41) is 4.94. The lowest BCUT2D eigenvalue weighted by Gasteiger charge is -2.28. The van der Waals surface area contributed by atoms with Gasteiger partial charge in [0.2, 0.25) is 5.91 Å². The van der Waals surface area contributed by atoms with Crippen LogP contribution in [-0.2, 0) is 23.9 Å². The van der Waals surface area contributed by atoms with Gasteiger partial charge in [-0.1, -0.05) is 38.0 Å². The first-order valence-corrected chi connectivity index (χ1v) is 8.97. The van der Waals surface area contributed by atoms with Gasteiger partial charge in [0.25, 0.3) is 5.91 Å². The molecule has 2 amide bonds. The minimum atomic E-state index is -4.06. The molecule has 2 rings (SSSR count). The van der Waals surface area contributed by atoms with E-state index in [1.54, 1.807) is 12.1 Å². The molecular formula is C16H20N2O5S. The molecule has 8 heteroatoms. The van der Waals surface area contributed by atoms with Crippen LogP contribution in [0.15, 0.2) is 41.1 Å². The molecule has 7 nitrogen and oxygen atoms in total. The van der Waals surface area contributed by atoms with Crippen molar-refractivity contribution < 1.29 is 22.2 Å². The average Bonchev–Trinajstić information content (AvgIpc) is 2.55. The van der Waals surface area contributed by atoms with Crippen LogP contribution < -0.4 is 10.6 Å². The van der Waals surface area contributed by atoms with Crippen molar-refractivity contribution in [1.82, 2.24) is 10.6 Å². The van der Waals surface area contributed by atoms with Crippen molar-refractivity contribution in [2.24, 2.45) is 5.92 Å². The molecule has 1 aliphatic rings. The van der Waals surface area contributed by atoms with Crippen LogP contribution in [0, 0.1) is 12.8 Å². The zero-order valence-corrected chi connectivity index (χ0v) is 14.5. The van der Waals surface area contributed by atoms with Gasteiger partial charge in [-0.3, -0.25) is 9.59 Å². The Morgan fingerprint density at radius 2 is 1.88 bits per heavy atom. The fraction of sp³-hybridized carbons (Fsp3) is 0.375. The van der Waals surface area contributed by atoms with E-state index in [4.69, 9.17) is 4.18 Å². The molecule has 1 fully saturated rings. The maximum absolute atomic E-state index is 12.1. The maximum atomic E-state index is 12.1. The summed E-state index contributed by atoms with van der Waals surface area (Å²) < 4.78 is 28.9. The fourth-order valence-electron chi connectivity index (χ4n) is 2.14. The van der Waals surface area contributed by atoms with Gasteiger partial charge < -0.3 is 14.8 Å². The van der Waals surface area contributed by atoms with Crippen molar-refractivity contribution in [1.29, 1.82) is 0 Å². The largest absolute Gasteiger partial charge is 0.384 e. The Hall–Kier alpha value is -2.35. The summed E-state index contributed by atoms with van der Waals surface area (Å²) in [6.07, 6.45) is 1.46. The van der Waals surface area contributed by atoms with Gasteiger partial charge in [-0.25, -0.2) is 0 Å². The molecule has 1 aliphatic heterocycles. The number of benzene rings is 1. The van der Waals surface area contributed by atoms with Gasteiger partial charge >= 0.3 is 10.1 Å². The highest BCUT2D eigenvalue weighted by Crippen LogP contribution is 2.16. The minimum Gasteiger partial charge on any atom is -0.384 e. The lowest BCUT2D eigenvalue weighted by molar-refractivity contribution is -0.132. The SMILES string of the molecule is CC[C@H](C)[C@@H]1NC(=O)/C(=C\OS(=O)(=O)c2ccc(C)cc2)NC1=O. The van der Waals surface area contributed by atoms with E-state index in [0.717, 1.165) is 18.2 Å². The zero-order chi connectivity index (χ0) is 17.9. The predicted molar refractivity (Wildman–Crippen MR) is 87.1 cm³/mol. The molecule has 1 aromatic rings. The van der Waals surface area contributed by atoms with Crippen LogP contribution >= 0.6 is 0 Å². The predicted octanol–water partition coefficient (Wildman–Crippen LogP) is 1.20. The van der Waals surface area contributed by atoms with E-state index in [2.05, 4.69) is 10.6 Å². The second-order valence-electron chi connectivity index (χ2n) is 5.72. The van der Waals surface area contributed by atoms with Crippen LogP contribution in [0.25, 0.3) is 0 Å². The number of rotatable bonds is 5. The third-order valence-electron chi connectivity index (χ3n) is 3.89. The van der Waals surface area contributed by atoms with Crippen LogP contribution in [-0.4, -0.2) is 26.3 Å². The zero-order valence-electron chi connectivity index (χ0n) is 13.7. The van der Waals surface area contributed by atoms with Gasteiger partial charge in [0.15, 0.2) is 0 Å². The smallest absolute Gasteiger partial charge is 0.338 e. The van der Waals surface area contributed by atoms with Crippen molar-refractivity contribution in [2.75, 3.05) is 0 Å². The molecule has 0 spiro atoms. The van der Waals surface area contributed by atoms with E-state index in [9.17, 15) is 18.0 Å². The summed E-state index contributed by atoms with van der Waals surface area (Å²) in [6.45, 7) is 5.58. The minimum absolute atomic E-state index is 0.0345. The summed E-state index contributed by atoms with van der Waals surface area (Å²) in [5.41, 5.74) is 0.664. The monoisotopic (exact) mass is 352 g/mol. The third kappa shape index (κ3) is 3.94. The fourth-order valence-corrected chi connectivity index (χ4v) is 2.95. The highest BCUT2D eigenvalue weighted by molar-refractivity contribution is 7.86. The molecule has 0 aromatic heterocycles. The molecule has 2 N–H and O–H groups in total. The molecule has 130 valence electrons. The standard InChI is InChI=1S/C16H20N2O5S/c1-4-11(3)14-16(20)17-13(15(19)18-14)9-23-24(21,22)12-7-5-10(2)6-8-12/h5-9,11,14H,4H2,1-3H3,(H,17,20)(H,18,19)/b13-9+/t11-,14-/m0/s1. The number of carbonyl (C=O) groups excluding carboxylic acids is 2. The number of piperazine rings is 1. The summed E-state index contributed by atoms with van der Waals surface area (Å²) in [4.78, 5) is 24.0. The number of hydrogen-bond donors (Lipinski definition) is 2. The summed E-state index contributed by atoms with van der Waals surface area (Å²) in [5.74, 6) is -1.02. The highest BCUT2D eigenvalue weighted by atomic mass is 32.2. The number of aryl methyl sites for hydroxylation is 1. The van der Waals surface area contributed by atoms with Crippen molar-refractivity contribution in [3.63, 3.8) is 0 Å². The Kier molecular flexibility index (Phi) is 5.28. The highest BCUT2D eigenvalue weighted by Gasteiger charge is 2.33. The van der Waals surface area contributed by atoms with Crippen molar-refractivity contribution in [2.45, 2.75) is 38.1 Å². The molecule has 0 saturated carbocycles. The van der Waals surface area contributed by atoms with E-state index in [-0.39, 0.29) is 16.5 Å². The van der Waals surface area contributed by atoms with E-state index in [0.29, 0.717) is 0 Å². The number of amides is 2. The number of nitrogens with one attached hydrogen (secondary N) is 2. The molecule has 1 saturated heterocycles. The molecule has 1 heterocycles. The molecule has 2 atom stereocenters. The van der Waals surface area contributed by atoms with E-state index in [1.807, 2.05) is 20.8 Å². The summed E-state index contributed by atoms with van der Waals surface area (Å²) >= 11 is 0. The van der Waals surface area contributed by atoms with E-state index in [1.165, 1.54) is 12.1 Å². The first kappa shape index (κ1) is 18.0. The summed E-state index contributed by atoms with van der Waals surface area (Å²) in [7, 11) is -4.06. The Labute approximate surface area is 141 Å². The van der Waals surface area contributed by atoms with Crippen LogP contribution in [0.5, 0.6) is 0 Å². The van der Waals surface area contributed by atoms with Gasteiger partial charge in [0.1, 0.15) is 22.9 Å². The summed E-state index contributed by atoms with van der Waals surface area (Å²) in [6, 6.07) is 5.43. The molecular weight excluding hydrogens is 332 g/mol. The van der Waals surface area contributed by atoms with Crippen LogP contribution in [0.3, 0.4) is 0 Å². The molecule has 0 unspecified atom stereocenters. The van der Waals surface area contributed by atoms with E-state index >= 15 is 0 Å². The lowest BCUT2D eigenvalue weighted by atomic mass is 9.97. The number of hydrogen-bond acceptors (Lipinski definition) is 5. The van der Waals surface area contributed by atoms with Crippen molar-refractivity contribution >= 4 is 21.9 Å². The van der Waals surface area contributed by atoms with Gasteiger partial charge in [-0.15, -0.1) is 0 Å². The molecule has 0 bridgehead atoms. The number of carbonyl (C=O) groups is 2. The van der Waals surface area contributed by atoms with Crippen LogP contribution in [0.1, 0.15) is 25.8 Å². The van der Waals surface area contributed by atoms with Gasteiger partial charge in [-0.05, 0) is 25.0 Å². The normalized spacial score (nSPS) is 21.1. The van der Waals surface area contributed by atoms with Crippen molar-refractivity contribution in [3.8, 4) is 0 Å². The van der Waals surface area contributed by atoms with E-state index < -0.39 is 28.0 Å². The molecule has 1 aromatic carbocycles. The second kappa shape index (κ2) is 7.04. The Balaban J connectivity index is 2.13. The Bertz CT molecular complexity index is 768. The molecule has 24 heavy (non-hydrogen) atoms. The average molecular weight is 352 g/mol. The molecule has 0 radical (unpaired) electrons. The van der Waals surface area contributed by atoms with Crippen molar-refractivity contribution in [3.05, 3.63) is 41.8 Å². The third-order valence-corrected chi connectivity index (χ3v) is 5.09. The van der Waals surface area contributed by atoms with Crippen LogP contribution in [0.4, 0.5) is 0 Å². The maximum Gasteiger partial charge on any atom is 0.338 e. The van der Waals surface area contributed by atoms with Crippen LogP contribution in [0.2, 0.25) is 0 Å². The topological polar surface area (TPSA) is 102 Å². The Morgan fingerprint density at radius 3 is 2.46 bits per heavy atom. The lowest BCUT2D eigenvalue weighted by Crippen LogP contribution is -2.57. The van der Waals surface area contributed by atoms with Gasteiger partial charge in [-0.2, -0.15) is 8.42 Å². The first-order chi connectivity index (χ1) is 11.2. The van der Waals surface area contributed by atoms with Gasteiger partial charge in [0.05, 0.1) is 0 Å². The first-order valence-electron chi connectivity index (χ1n) is 7.56. The quantitative estimate of drug-likeness (QED) is 0.471. The Morgan fingerprint density at radius 1 is 1.25 bits per heavy atom.